The number of nitrogens with zero attached hydrogens (tertiary/aromatic N) is 1. The van der Waals surface area contributed by atoms with Crippen LogP contribution >= 0.6 is 0 Å². The van der Waals surface area contributed by atoms with Gasteiger partial charge in [0.05, 0.1) is 0 Å². The first-order chi connectivity index (χ1) is 7.65. The Bertz CT molecular complexity index is 304. The molecule has 0 aromatic heterocycles. The fourth-order valence-electron chi connectivity index (χ4n) is 3.05. The Balaban J connectivity index is 0.000000606. The summed E-state index contributed by atoms with van der Waals surface area (Å²) in [4.78, 5) is 13.4. The van der Waals surface area contributed by atoms with Crippen LogP contribution in [0, 0.1) is 23.2 Å². The summed E-state index contributed by atoms with van der Waals surface area (Å²) in [5.74, 6) is 6.18. The fourth-order valence-corrected chi connectivity index (χ4v) is 3.05. The van der Waals surface area contributed by atoms with Crippen molar-refractivity contribution in [1.29, 1.82) is 0 Å². The van der Waals surface area contributed by atoms with Gasteiger partial charge in [-0.25, -0.2) is 0 Å². The van der Waals surface area contributed by atoms with E-state index in [4.69, 9.17) is 0 Å². The third-order valence-electron chi connectivity index (χ3n) is 3.52. The van der Waals surface area contributed by atoms with E-state index in [1.165, 1.54) is 19.3 Å². The van der Waals surface area contributed by atoms with Crippen LogP contribution < -0.4 is 0 Å². The molecule has 2 aliphatic rings. The number of amides is 1. The van der Waals surface area contributed by atoms with Crippen molar-refractivity contribution >= 4 is 5.91 Å². The number of hydrogen-bond acceptors (Lipinski definition) is 1. The lowest BCUT2D eigenvalue weighted by molar-refractivity contribution is -0.125. The molecule has 1 saturated carbocycles. The molecule has 0 atom stereocenters. The summed E-state index contributed by atoms with van der Waals surface area (Å²) < 4.78 is 0. The predicted octanol–water partition coefficient (Wildman–Crippen LogP) is 2.68. The van der Waals surface area contributed by atoms with E-state index in [1.54, 1.807) is 6.92 Å². The smallest absolute Gasteiger partial charge is 0.298 e. The van der Waals surface area contributed by atoms with E-state index in [9.17, 15) is 4.79 Å². The molecule has 1 spiro atoms. The van der Waals surface area contributed by atoms with Crippen LogP contribution in [0.15, 0.2) is 0 Å². The van der Waals surface area contributed by atoms with Crippen LogP contribution in [0.4, 0.5) is 0 Å². The third kappa shape index (κ3) is 2.58. The normalized spacial score (nSPS) is 31.0. The molecule has 0 N–H and O–H groups in total. The van der Waals surface area contributed by atoms with Gasteiger partial charge >= 0.3 is 0 Å². The second-order valence-corrected chi connectivity index (χ2v) is 4.87. The molecule has 1 heterocycles. The van der Waals surface area contributed by atoms with Gasteiger partial charge in [-0.1, -0.05) is 26.7 Å². The van der Waals surface area contributed by atoms with Crippen molar-refractivity contribution in [2.45, 2.75) is 47.0 Å². The van der Waals surface area contributed by atoms with E-state index >= 15 is 0 Å². The summed E-state index contributed by atoms with van der Waals surface area (Å²) in [6.07, 6.45) is 3.79. The van der Waals surface area contributed by atoms with Crippen LogP contribution in [0.2, 0.25) is 0 Å². The molecular formula is C14H23NO. The standard InChI is InChI=1S/C12H17NO.C2H6/c1-3-4-11(14)13-6-5-12(9-13)7-10(2)8-12;1-2/h10H,5-9H2,1-2H3;1-2H3. The monoisotopic (exact) mass is 221 g/mol. The molecule has 0 aromatic carbocycles. The van der Waals surface area contributed by atoms with Crippen molar-refractivity contribution in [3.63, 3.8) is 0 Å². The summed E-state index contributed by atoms with van der Waals surface area (Å²) in [5.41, 5.74) is 0.477. The molecule has 90 valence electrons. The van der Waals surface area contributed by atoms with Gasteiger partial charge in [0.2, 0.25) is 0 Å². The Morgan fingerprint density at radius 1 is 1.38 bits per heavy atom. The first kappa shape index (κ1) is 13.1. The van der Waals surface area contributed by atoms with Gasteiger partial charge in [0.1, 0.15) is 0 Å². The zero-order valence-electron chi connectivity index (χ0n) is 11.0. The molecule has 0 aromatic rings. The van der Waals surface area contributed by atoms with Crippen molar-refractivity contribution in [1.82, 2.24) is 4.90 Å². The highest BCUT2D eigenvalue weighted by Gasteiger charge is 2.47. The van der Waals surface area contributed by atoms with Crippen molar-refractivity contribution in [3.05, 3.63) is 0 Å². The van der Waals surface area contributed by atoms with Crippen LogP contribution in [-0.4, -0.2) is 23.9 Å². The Morgan fingerprint density at radius 2 is 2.00 bits per heavy atom. The maximum absolute atomic E-state index is 11.5. The quantitative estimate of drug-likeness (QED) is 0.576. The molecule has 0 bridgehead atoms. The molecule has 2 fully saturated rings. The minimum atomic E-state index is 0.0175. The topological polar surface area (TPSA) is 20.3 Å². The Hall–Kier alpha value is -0.970. The SMILES string of the molecule is CC.CC#CC(=O)N1CCC2(CC(C)C2)C1. The van der Waals surface area contributed by atoms with Crippen molar-refractivity contribution < 1.29 is 4.79 Å². The van der Waals surface area contributed by atoms with Crippen LogP contribution in [0.3, 0.4) is 0 Å². The molecule has 1 aliphatic carbocycles. The van der Waals surface area contributed by atoms with Gasteiger partial charge in [0.15, 0.2) is 0 Å². The lowest BCUT2D eigenvalue weighted by Crippen LogP contribution is -2.39. The zero-order chi connectivity index (χ0) is 12.2. The molecule has 16 heavy (non-hydrogen) atoms. The maximum Gasteiger partial charge on any atom is 0.298 e. The minimum absolute atomic E-state index is 0.0175. The van der Waals surface area contributed by atoms with Gasteiger partial charge in [-0.05, 0) is 43.4 Å². The van der Waals surface area contributed by atoms with E-state index in [2.05, 4.69) is 18.8 Å². The summed E-state index contributed by atoms with van der Waals surface area (Å²) in [6.45, 7) is 9.88. The number of carbonyl (C=O) groups excluding carboxylic acids is 1. The minimum Gasteiger partial charge on any atom is -0.331 e. The Morgan fingerprint density at radius 3 is 2.50 bits per heavy atom. The second kappa shape index (κ2) is 5.39. The molecule has 0 unspecified atom stereocenters. The van der Waals surface area contributed by atoms with Gasteiger partial charge in [-0.3, -0.25) is 4.79 Å². The largest absolute Gasteiger partial charge is 0.331 e. The van der Waals surface area contributed by atoms with Gasteiger partial charge < -0.3 is 4.90 Å². The molecular weight excluding hydrogens is 198 g/mol. The summed E-state index contributed by atoms with van der Waals surface area (Å²) in [5, 5.41) is 0. The first-order valence-corrected chi connectivity index (χ1v) is 6.37. The summed E-state index contributed by atoms with van der Waals surface area (Å²) >= 11 is 0. The lowest BCUT2D eigenvalue weighted by atomic mass is 9.62. The molecule has 1 amide bonds. The average Bonchev–Trinajstić information content (AvgIpc) is 2.66. The first-order valence-electron chi connectivity index (χ1n) is 6.37. The zero-order valence-corrected chi connectivity index (χ0v) is 11.0. The van der Waals surface area contributed by atoms with Crippen molar-refractivity contribution in [3.8, 4) is 11.8 Å². The lowest BCUT2D eigenvalue weighted by Gasteiger charge is -2.43. The third-order valence-corrected chi connectivity index (χ3v) is 3.52. The molecule has 2 rings (SSSR count). The van der Waals surface area contributed by atoms with Gasteiger partial charge in [-0.2, -0.15) is 0 Å². The highest BCUT2D eigenvalue weighted by molar-refractivity contribution is 5.93. The summed E-state index contributed by atoms with van der Waals surface area (Å²) in [7, 11) is 0. The Kier molecular flexibility index (Phi) is 4.41. The van der Waals surface area contributed by atoms with E-state index < -0.39 is 0 Å². The highest BCUT2D eigenvalue weighted by Crippen LogP contribution is 2.51. The van der Waals surface area contributed by atoms with E-state index in [0.29, 0.717) is 5.41 Å². The van der Waals surface area contributed by atoms with Gasteiger partial charge in [0.25, 0.3) is 5.91 Å². The molecule has 2 nitrogen and oxygen atoms in total. The number of carbonyl (C=O) groups is 1. The Labute approximate surface area is 99.4 Å². The van der Waals surface area contributed by atoms with Crippen LogP contribution in [-0.2, 0) is 4.79 Å². The molecule has 2 heteroatoms. The number of hydrogen-bond donors (Lipinski definition) is 0. The average molecular weight is 221 g/mol. The van der Waals surface area contributed by atoms with E-state index in [0.717, 1.165) is 19.0 Å². The van der Waals surface area contributed by atoms with Gasteiger partial charge in [-0.15, -0.1) is 0 Å². The van der Waals surface area contributed by atoms with Crippen LogP contribution in [0.25, 0.3) is 0 Å². The van der Waals surface area contributed by atoms with Crippen molar-refractivity contribution in [2.24, 2.45) is 11.3 Å². The van der Waals surface area contributed by atoms with E-state index in [-0.39, 0.29) is 5.91 Å². The molecule has 0 radical (unpaired) electrons. The second-order valence-electron chi connectivity index (χ2n) is 4.87. The van der Waals surface area contributed by atoms with Crippen LogP contribution in [0.5, 0.6) is 0 Å². The van der Waals surface area contributed by atoms with Crippen LogP contribution in [0.1, 0.15) is 47.0 Å². The fraction of sp³-hybridized carbons (Fsp3) is 0.786. The molecule has 1 aliphatic heterocycles. The summed E-state index contributed by atoms with van der Waals surface area (Å²) in [6, 6.07) is 0. The van der Waals surface area contributed by atoms with E-state index in [1.807, 2.05) is 18.7 Å². The number of rotatable bonds is 0. The maximum atomic E-state index is 11.5. The predicted molar refractivity (Wildman–Crippen MR) is 66.8 cm³/mol. The molecule has 1 saturated heterocycles. The highest BCUT2D eigenvalue weighted by atomic mass is 16.2. The van der Waals surface area contributed by atoms with Gasteiger partial charge in [0, 0.05) is 13.1 Å². The van der Waals surface area contributed by atoms with Crippen molar-refractivity contribution in [2.75, 3.05) is 13.1 Å². The number of likely N-dealkylation sites (tertiary alicyclic amines) is 1.